The minimum atomic E-state index is -0.679. The van der Waals surface area contributed by atoms with Crippen LogP contribution in [0.2, 0.25) is 0 Å². The highest BCUT2D eigenvalue weighted by Crippen LogP contribution is 2.31. The van der Waals surface area contributed by atoms with Gasteiger partial charge in [-0.2, -0.15) is 0 Å². The first-order chi connectivity index (χ1) is 16.9. The Labute approximate surface area is 214 Å². The van der Waals surface area contributed by atoms with E-state index in [1.807, 2.05) is 13.8 Å². The van der Waals surface area contributed by atoms with Crippen LogP contribution in [-0.4, -0.2) is 36.6 Å². The van der Waals surface area contributed by atoms with Crippen molar-refractivity contribution in [1.29, 1.82) is 0 Å². The lowest BCUT2D eigenvalue weighted by molar-refractivity contribution is -0.181. The molecule has 35 heavy (non-hydrogen) atoms. The largest absolute Gasteiger partial charge is 0.462 e. The second kappa shape index (κ2) is 19.6. The van der Waals surface area contributed by atoms with Crippen LogP contribution in [0, 0.1) is 11.8 Å². The molecule has 1 saturated heterocycles. The van der Waals surface area contributed by atoms with E-state index >= 15 is 0 Å². The van der Waals surface area contributed by atoms with Crippen molar-refractivity contribution in [3.8, 4) is 0 Å². The molecular formula is C29H53NO5. The van der Waals surface area contributed by atoms with E-state index in [0.717, 1.165) is 44.9 Å². The fourth-order valence-electron chi connectivity index (χ4n) is 4.98. The molecule has 0 aliphatic carbocycles. The fourth-order valence-corrected chi connectivity index (χ4v) is 4.98. The van der Waals surface area contributed by atoms with Gasteiger partial charge in [0, 0.05) is 6.42 Å². The highest BCUT2D eigenvalue weighted by molar-refractivity contribution is 5.79. The van der Waals surface area contributed by atoms with Crippen LogP contribution in [-0.2, 0) is 23.9 Å². The standard InChI is InChI=1S/C29H53NO5/c1-5-7-9-11-12-13-14-15-16-18-24-21-27(25(28(32)34-24)19-17-10-8-6-2)35-29(33)26(30-22-31)20-23(3)4/h22-27H,5-21H2,1-4H3,(H,30,31)/t24-,25+,26-,27+/m0/s1. The number of rotatable bonds is 21. The minimum absolute atomic E-state index is 0.195. The summed E-state index contributed by atoms with van der Waals surface area (Å²) in [5.74, 6) is -0.840. The first-order valence-electron chi connectivity index (χ1n) is 14.5. The summed E-state index contributed by atoms with van der Waals surface area (Å²) in [7, 11) is 0. The van der Waals surface area contributed by atoms with Gasteiger partial charge in [-0.25, -0.2) is 4.79 Å². The maximum atomic E-state index is 12.9. The molecule has 4 atom stereocenters. The Morgan fingerprint density at radius 3 is 2.06 bits per heavy atom. The fraction of sp³-hybridized carbons (Fsp3) is 0.897. The molecule has 1 N–H and O–H groups in total. The van der Waals surface area contributed by atoms with Crippen LogP contribution in [0.15, 0.2) is 0 Å². The second-order valence-electron chi connectivity index (χ2n) is 10.8. The molecule has 0 radical (unpaired) electrons. The van der Waals surface area contributed by atoms with Crippen LogP contribution in [0.5, 0.6) is 0 Å². The van der Waals surface area contributed by atoms with Gasteiger partial charge >= 0.3 is 11.9 Å². The van der Waals surface area contributed by atoms with E-state index < -0.39 is 24.0 Å². The van der Waals surface area contributed by atoms with Crippen LogP contribution in [0.3, 0.4) is 0 Å². The Hall–Kier alpha value is -1.59. The van der Waals surface area contributed by atoms with Crippen LogP contribution >= 0.6 is 0 Å². The van der Waals surface area contributed by atoms with Crippen LogP contribution in [0.4, 0.5) is 0 Å². The number of cyclic esters (lactones) is 1. The quantitative estimate of drug-likeness (QED) is 0.107. The molecule has 204 valence electrons. The summed E-state index contributed by atoms with van der Waals surface area (Å²) in [5, 5.41) is 2.60. The van der Waals surface area contributed by atoms with Gasteiger partial charge in [-0.05, 0) is 31.6 Å². The van der Waals surface area contributed by atoms with Crippen molar-refractivity contribution in [2.75, 3.05) is 0 Å². The van der Waals surface area contributed by atoms with E-state index in [1.165, 1.54) is 44.9 Å². The summed E-state index contributed by atoms with van der Waals surface area (Å²) in [6.07, 6.45) is 18.0. The lowest BCUT2D eigenvalue weighted by Crippen LogP contribution is -2.47. The van der Waals surface area contributed by atoms with Gasteiger partial charge in [0.1, 0.15) is 18.2 Å². The van der Waals surface area contributed by atoms with Crippen LogP contribution in [0.25, 0.3) is 0 Å². The van der Waals surface area contributed by atoms with Gasteiger partial charge < -0.3 is 14.8 Å². The van der Waals surface area contributed by atoms with E-state index in [9.17, 15) is 14.4 Å². The van der Waals surface area contributed by atoms with Gasteiger partial charge in [-0.3, -0.25) is 9.59 Å². The number of amides is 1. The summed E-state index contributed by atoms with van der Waals surface area (Å²) in [4.78, 5) is 36.8. The molecule has 0 unspecified atom stereocenters. The van der Waals surface area contributed by atoms with E-state index in [-0.39, 0.29) is 18.0 Å². The first kappa shape index (κ1) is 31.4. The molecule has 0 bridgehead atoms. The van der Waals surface area contributed by atoms with Crippen molar-refractivity contribution < 1.29 is 23.9 Å². The molecule has 1 aliphatic heterocycles. The third-order valence-corrected chi connectivity index (χ3v) is 7.06. The summed E-state index contributed by atoms with van der Waals surface area (Å²) in [5.41, 5.74) is 0. The number of nitrogens with one attached hydrogen (secondary N) is 1. The first-order valence-corrected chi connectivity index (χ1v) is 14.5. The van der Waals surface area contributed by atoms with Crippen molar-refractivity contribution in [2.24, 2.45) is 11.8 Å². The monoisotopic (exact) mass is 495 g/mol. The maximum Gasteiger partial charge on any atom is 0.328 e. The van der Waals surface area contributed by atoms with Crippen LogP contribution < -0.4 is 5.32 Å². The Balaban J connectivity index is 2.61. The zero-order valence-corrected chi connectivity index (χ0v) is 23.0. The molecule has 0 spiro atoms. The predicted molar refractivity (Wildman–Crippen MR) is 141 cm³/mol. The average Bonchev–Trinajstić information content (AvgIpc) is 2.81. The van der Waals surface area contributed by atoms with E-state index in [4.69, 9.17) is 9.47 Å². The predicted octanol–water partition coefficient (Wildman–Crippen LogP) is 6.88. The smallest absolute Gasteiger partial charge is 0.328 e. The van der Waals surface area contributed by atoms with E-state index in [0.29, 0.717) is 25.7 Å². The van der Waals surface area contributed by atoms with Gasteiger partial charge in [0.25, 0.3) is 0 Å². The minimum Gasteiger partial charge on any atom is -0.462 e. The third kappa shape index (κ3) is 13.9. The number of esters is 2. The molecule has 6 heteroatoms. The molecule has 0 aromatic heterocycles. The molecule has 1 rings (SSSR count). The lowest BCUT2D eigenvalue weighted by Gasteiger charge is -2.35. The average molecular weight is 496 g/mol. The summed E-state index contributed by atoms with van der Waals surface area (Å²) in [6, 6.07) is -0.679. The summed E-state index contributed by atoms with van der Waals surface area (Å²) < 4.78 is 11.7. The molecule has 1 amide bonds. The van der Waals surface area contributed by atoms with Crippen LogP contribution in [0.1, 0.15) is 137 Å². The topological polar surface area (TPSA) is 81.7 Å². The highest BCUT2D eigenvalue weighted by Gasteiger charge is 2.41. The molecule has 0 saturated carbocycles. The molecule has 6 nitrogen and oxygen atoms in total. The Morgan fingerprint density at radius 1 is 0.943 bits per heavy atom. The number of ether oxygens (including phenoxy) is 2. The normalized spacial score (nSPS) is 20.9. The van der Waals surface area contributed by atoms with Gasteiger partial charge in [-0.1, -0.05) is 105 Å². The van der Waals surface area contributed by atoms with E-state index in [2.05, 4.69) is 19.2 Å². The number of carbonyl (C=O) groups excluding carboxylic acids is 3. The van der Waals surface area contributed by atoms with Crippen molar-refractivity contribution >= 4 is 18.3 Å². The van der Waals surface area contributed by atoms with E-state index in [1.54, 1.807) is 0 Å². The SMILES string of the molecule is CCCCCCCCCCC[C@H]1C[C@@H](OC(=O)[C@H](CC(C)C)NC=O)[C@@H](CCCCCC)C(=O)O1. The van der Waals surface area contributed by atoms with Crippen molar-refractivity contribution in [2.45, 2.75) is 155 Å². The second-order valence-corrected chi connectivity index (χ2v) is 10.8. The van der Waals surface area contributed by atoms with Crippen molar-refractivity contribution in [1.82, 2.24) is 5.32 Å². The zero-order chi connectivity index (χ0) is 25.9. The Morgan fingerprint density at radius 2 is 1.49 bits per heavy atom. The Bertz CT molecular complexity index is 579. The molecule has 1 aliphatic rings. The molecule has 0 aromatic rings. The Kier molecular flexibility index (Phi) is 17.6. The summed E-state index contributed by atoms with van der Waals surface area (Å²) >= 11 is 0. The molecular weight excluding hydrogens is 442 g/mol. The van der Waals surface area contributed by atoms with Crippen molar-refractivity contribution in [3.63, 3.8) is 0 Å². The number of hydrogen-bond donors (Lipinski definition) is 1. The number of carbonyl (C=O) groups is 3. The lowest BCUT2D eigenvalue weighted by atomic mass is 9.87. The molecule has 1 heterocycles. The summed E-state index contributed by atoms with van der Waals surface area (Å²) in [6.45, 7) is 8.40. The number of hydrogen-bond acceptors (Lipinski definition) is 5. The van der Waals surface area contributed by atoms with Gasteiger partial charge in [0.15, 0.2) is 0 Å². The van der Waals surface area contributed by atoms with Gasteiger partial charge in [0.05, 0.1) is 5.92 Å². The third-order valence-electron chi connectivity index (χ3n) is 7.06. The maximum absolute atomic E-state index is 12.9. The highest BCUT2D eigenvalue weighted by atomic mass is 16.6. The molecule has 1 fully saturated rings. The van der Waals surface area contributed by atoms with Gasteiger partial charge in [0.2, 0.25) is 6.41 Å². The molecule has 0 aromatic carbocycles. The zero-order valence-electron chi connectivity index (χ0n) is 23.0. The van der Waals surface area contributed by atoms with Gasteiger partial charge in [-0.15, -0.1) is 0 Å². The number of unbranched alkanes of at least 4 members (excludes halogenated alkanes) is 11. The van der Waals surface area contributed by atoms with Crippen molar-refractivity contribution in [3.05, 3.63) is 0 Å².